The van der Waals surface area contributed by atoms with E-state index in [9.17, 15) is 5.11 Å². The Kier molecular flexibility index (Phi) is 4.35. The molecule has 0 aliphatic rings. The highest BCUT2D eigenvalue weighted by Gasteiger charge is 2.12. The summed E-state index contributed by atoms with van der Waals surface area (Å²) in [5.41, 5.74) is 2.74. The second-order valence-electron chi connectivity index (χ2n) is 5.22. The lowest BCUT2D eigenvalue weighted by Crippen LogP contribution is -2.04. The number of benzene rings is 1. The second kappa shape index (κ2) is 6.01. The molecule has 106 valence electrons. The van der Waals surface area contributed by atoms with Gasteiger partial charge in [-0.15, -0.1) is 0 Å². The standard InChI is InChI=1S/C16H20N2O2/c1-10(2)16-17-8-15(13(9-19)18-16)20-14-6-5-11(3)7-12(14)4/h5-8,10,19H,9H2,1-4H3. The molecule has 2 rings (SSSR count). The first-order valence-electron chi connectivity index (χ1n) is 6.73. The first-order chi connectivity index (χ1) is 9.51. The van der Waals surface area contributed by atoms with E-state index in [1.165, 1.54) is 5.56 Å². The molecule has 20 heavy (non-hydrogen) atoms. The minimum absolute atomic E-state index is 0.164. The fraction of sp³-hybridized carbons (Fsp3) is 0.375. The van der Waals surface area contributed by atoms with E-state index in [1.54, 1.807) is 6.20 Å². The molecule has 0 fully saturated rings. The van der Waals surface area contributed by atoms with Crippen LogP contribution in [-0.4, -0.2) is 15.1 Å². The molecule has 0 unspecified atom stereocenters. The molecule has 1 heterocycles. The maximum absolute atomic E-state index is 9.45. The minimum atomic E-state index is -0.164. The van der Waals surface area contributed by atoms with Gasteiger partial charge in [0.1, 0.15) is 17.3 Å². The zero-order chi connectivity index (χ0) is 14.7. The summed E-state index contributed by atoms with van der Waals surface area (Å²) in [5.74, 6) is 2.19. The Balaban J connectivity index is 2.33. The molecular weight excluding hydrogens is 252 g/mol. The van der Waals surface area contributed by atoms with Gasteiger partial charge in [-0.2, -0.15) is 0 Å². The summed E-state index contributed by atoms with van der Waals surface area (Å²) in [4.78, 5) is 8.63. The normalized spacial score (nSPS) is 10.9. The Morgan fingerprint density at radius 2 is 1.95 bits per heavy atom. The van der Waals surface area contributed by atoms with Crippen molar-refractivity contribution in [1.29, 1.82) is 0 Å². The van der Waals surface area contributed by atoms with Gasteiger partial charge in [0.15, 0.2) is 5.75 Å². The number of nitrogens with zero attached hydrogens (tertiary/aromatic N) is 2. The fourth-order valence-electron chi connectivity index (χ4n) is 1.93. The quantitative estimate of drug-likeness (QED) is 0.925. The van der Waals surface area contributed by atoms with Crippen molar-refractivity contribution in [3.63, 3.8) is 0 Å². The van der Waals surface area contributed by atoms with Crippen LogP contribution >= 0.6 is 0 Å². The number of aromatic nitrogens is 2. The third-order valence-corrected chi connectivity index (χ3v) is 3.06. The van der Waals surface area contributed by atoms with Crippen molar-refractivity contribution in [3.05, 3.63) is 47.0 Å². The highest BCUT2D eigenvalue weighted by Crippen LogP contribution is 2.28. The molecule has 0 radical (unpaired) electrons. The van der Waals surface area contributed by atoms with Gasteiger partial charge in [0, 0.05) is 5.92 Å². The summed E-state index contributed by atoms with van der Waals surface area (Å²) in [6, 6.07) is 5.96. The minimum Gasteiger partial charge on any atom is -0.453 e. The number of rotatable bonds is 4. The van der Waals surface area contributed by atoms with Crippen LogP contribution in [0.2, 0.25) is 0 Å². The molecule has 0 amide bonds. The molecule has 2 aromatic rings. The largest absolute Gasteiger partial charge is 0.453 e. The average Bonchev–Trinajstić information content (AvgIpc) is 2.42. The molecule has 0 aliphatic carbocycles. The van der Waals surface area contributed by atoms with Crippen LogP contribution in [0.15, 0.2) is 24.4 Å². The lowest BCUT2D eigenvalue weighted by molar-refractivity contribution is 0.269. The zero-order valence-corrected chi connectivity index (χ0v) is 12.3. The number of aliphatic hydroxyl groups is 1. The Labute approximate surface area is 119 Å². The van der Waals surface area contributed by atoms with E-state index >= 15 is 0 Å². The molecule has 0 atom stereocenters. The van der Waals surface area contributed by atoms with Gasteiger partial charge in [-0.3, -0.25) is 0 Å². The number of aryl methyl sites for hydroxylation is 2. The van der Waals surface area contributed by atoms with Gasteiger partial charge in [-0.05, 0) is 25.5 Å². The lowest BCUT2D eigenvalue weighted by Gasteiger charge is -2.13. The van der Waals surface area contributed by atoms with E-state index in [1.807, 2.05) is 39.8 Å². The van der Waals surface area contributed by atoms with Crippen LogP contribution in [0.1, 0.15) is 42.4 Å². The van der Waals surface area contributed by atoms with Crippen molar-refractivity contribution >= 4 is 0 Å². The van der Waals surface area contributed by atoms with Crippen LogP contribution < -0.4 is 4.74 Å². The zero-order valence-electron chi connectivity index (χ0n) is 12.3. The predicted octanol–water partition coefficient (Wildman–Crippen LogP) is 3.50. The molecule has 4 nitrogen and oxygen atoms in total. The van der Waals surface area contributed by atoms with Crippen LogP contribution in [0.25, 0.3) is 0 Å². The summed E-state index contributed by atoms with van der Waals surface area (Å²) in [6.07, 6.45) is 1.63. The van der Waals surface area contributed by atoms with Crippen molar-refractivity contribution < 1.29 is 9.84 Å². The fourth-order valence-corrected chi connectivity index (χ4v) is 1.93. The van der Waals surface area contributed by atoms with Crippen molar-refractivity contribution in [2.45, 2.75) is 40.2 Å². The highest BCUT2D eigenvalue weighted by molar-refractivity contribution is 5.40. The van der Waals surface area contributed by atoms with Crippen molar-refractivity contribution in [1.82, 2.24) is 9.97 Å². The van der Waals surface area contributed by atoms with Gasteiger partial charge in [-0.25, -0.2) is 9.97 Å². The third-order valence-electron chi connectivity index (χ3n) is 3.06. The molecule has 0 spiro atoms. The van der Waals surface area contributed by atoms with Gasteiger partial charge in [0.05, 0.1) is 12.8 Å². The highest BCUT2D eigenvalue weighted by atomic mass is 16.5. The number of hydrogen-bond acceptors (Lipinski definition) is 4. The van der Waals surface area contributed by atoms with Crippen LogP contribution in [0.5, 0.6) is 11.5 Å². The Morgan fingerprint density at radius 1 is 1.20 bits per heavy atom. The SMILES string of the molecule is Cc1ccc(Oc2cnc(C(C)C)nc2CO)c(C)c1. The average molecular weight is 272 g/mol. The molecular formula is C16H20N2O2. The topological polar surface area (TPSA) is 55.2 Å². The Bertz CT molecular complexity index is 609. The summed E-state index contributed by atoms with van der Waals surface area (Å²) in [7, 11) is 0. The Hall–Kier alpha value is -1.94. The van der Waals surface area contributed by atoms with Crippen LogP contribution in [0, 0.1) is 13.8 Å². The maximum atomic E-state index is 9.45. The van der Waals surface area contributed by atoms with E-state index < -0.39 is 0 Å². The lowest BCUT2D eigenvalue weighted by atomic mass is 10.1. The molecule has 4 heteroatoms. The first-order valence-corrected chi connectivity index (χ1v) is 6.73. The third kappa shape index (κ3) is 3.14. The summed E-state index contributed by atoms with van der Waals surface area (Å²) in [6.45, 7) is 7.89. The van der Waals surface area contributed by atoms with Gasteiger partial charge in [0.2, 0.25) is 0 Å². The summed E-state index contributed by atoms with van der Waals surface area (Å²) < 4.78 is 5.84. The van der Waals surface area contributed by atoms with Crippen LogP contribution in [0.3, 0.4) is 0 Å². The van der Waals surface area contributed by atoms with Gasteiger partial charge in [0.25, 0.3) is 0 Å². The van der Waals surface area contributed by atoms with E-state index in [2.05, 4.69) is 16.0 Å². The number of hydrogen-bond donors (Lipinski definition) is 1. The second-order valence-corrected chi connectivity index (χ2v) is 5.22. The summed E-state index contributed by atoms with van der Waals surface area (Å²) >= 11 is 0. The van der Waals surface area contributed by atoms with Gasteiger partial charge in [-0.1, -0.05) is 31.5 Å². The van der Waals surface area contributed by atoms with Crippen LogP contribution in [-0.2, 0) is 6.61 Å². The van der Waals surface area contributed by atoms with Gasteiger partial charge >= 0.3 is 0 Å². The summed E-state index contributed by atoms with van der Waals surface area (Å²) in [5, 5.41) is 9.45. The van der Waals surface area contributed by atoms with Crippen molar-refractivity contribution in [3.8, 4) is 11.5 Å². The predicted molar refractivity (Wildman–Crippen MR) is 78.0 cm³/mol. The molecule has 1 aromatic carbocycles. The Morgan fingerprint density at radius 3 is 2.55 bits per heavy atom. The monoisotopic (exact) mass is 272 g/mol. The van der Waals surface area contributed by atoms with E-state index in [4.69, 9.17) is 4.74 Å². The maximum Gasteiger partial charge on any atom is 0.169 e. The number of ether oxygens (including phenoxy) is 1. The smallest absolute Gasteiger partial charge is 0.169 e. The molecule has 0 saturated heterocycles. The molecule has 0 bridgehead atoms. The van der Waals surface area contributed by atoms with Crippen LogP contribution in [0.4, 0.5) is 0 Å². The molecule has 0 saturated carbocycles. The number of aliphatic hydroxyl groups excluding tert-OH is 1. The van der Waals surface area contributed by atoms with E-state index in [-0.39, 0.29) is 12.5 Å². The van der Waals surface area contributed by atoms with Crippen molar-refractivity contribution in [2.24, 2.45) is 0 Å². The molecule has 0 aliphatic heterocycles. The van der Waals surface area contributed by atoms with E-state index in [0.29, 0.717) is 17.3 Å². The van der Waals surface area contributed by atoms with Crippen molar-refractivity contribution in [2.75, 3.05) is 0 Å². The van der Waals surface area contributed by atoms with E-state index in [0.717, 1.165) is 11.3 Å². The first kappa shape index (κ1) is 14.5. The van der Waals surface area contributed by atoms with Gasteiger partial charge < -0.3 is 9.84 Å². The molecule has 1 aromatic heterocycles. The molecule has 1 N–H and O–H groups in total.